The van der Waals surface area contributed by atoms with Crippen molar-refractivity contribution in [1.29, 1.82) is 0 Å². The van der Waals surface area contributed by atoms with Crippen molar-refractivity contribution < 1.29 is 18.0 Å². The lowest BCUT2D eigenvalue weighted by Gasteiger charge is -2.36. The van der Waals surface area contributed by atoms with Crippen molar-refractivity contribution >= 4 is 17.3 Å². The maximum absolute atomic E-state index is 13.1. The smallest absolute Gasteiger partial charge is 0.369 e. The quantitative estimate of drug-likeness (QED) is 0.325. The zero-order valence-electron chi connectivity index (χ0n) is 20.7. The molecule has 2 heterocycles. The van der Waals surface area contributed by atoms with Gasteiger partial charge in [-0.1, -0.05) is 30.3 Å². The highest BCUT2D eigenvalue weighted by Crippen LogP contribution is 2.32. The highest BCUT2D eigenvalue weighted by molar-refractivity contribution is 6.08. The second-order valence-corrected chi connectivity index (χ2v) is 9.24. The summed E-state index contributed by atoms with van der Waals surface area (Å²) >= 11 is 0. The summed E-state index contributed by atoms with van der Waals surface area (Å²) < 4.78 is 38.8. The molecule has 4 aromatic rings. The van der Waals surface area contributed by atoms with E-state index in [2.05, 4.69) is 20.1 Å². The second-order valence-electron chi connectivity index (χ2n) is 9.24. The van der Waals surface area contributed by atoms with Gasteiger partial charge in [-0.3, -0.25) is 14.7 Å². The molecule has 0 saturated carbocycles. The number of pyridine rings is 1. The number of aromatic nitrogens is 1. The molecule has 1 aromatic heterocycles. The van der Waals surface area contributed by atoms with Gasteiger partial charge in [-0.05, 0) is 71.3 Å². The third kappa shape index (κ3) is 6.03. The molecular formula is C30H27F3N4O. The molecule has 1 amide bonds. The number of piperazine rings is 1. The number of hydrogen-bond donors (Lipinski definition) is 1. The van der Waals surface area contributed by atoms with Gasteiger partial charge in [-0.15, -0.1) is 0 Å². The van der Waals surface area contributed by atoms with Gasteiger partial charge in [0.1, 0.15) is 0 Å². The third-order valence-corrected chi connectivity index (χ3v) is 6.71. The number of benzene rings is 3. The van der Waals surface area contributed by atoms with Crippen LogP contribution < -0.4 is 10.2 Å². The van der Waals surface area contributed by atoms with Crippen molar-refractivity contribution in [3.63, 3.8) is 0 Å². The van der Waals surface area contributed by atoms with E-state index in [0.717, 1.165) is 50.5 Å². The molecule has 1 aliphatic heterocycles. The van der Waals surface area contributed by atoms with Gasteiger partial charge in [0.05, 0.1) is 5.56 Å². The molecule has 3 aromatic carbocycles. The average molecular weight is 517 g/mol. The lowest BCUT2D eigenvalue weighted by Crippen LogP contribution is -2.45. The molecule has 1 fully saturated rings. The largest absolute Gasteiger partial charge is 0.416 e. The Morgan fingerprint density at radius 3 is 2.13 bits per heavy atom. The van der Waals surface area contributed by atoms with E-state index in [9.17, 15) is 18.0 Å². The number of carbonyl (C=O) groups is 1. The first-order valence-electron chi connectivity index (χ1n) is 12.4. The number of carbonyl (C=O) groups excluding carboxylic acids is 1. The van der Waals surface area contributed by atoms with E-state index in [4.69, 9.17) is 0 Å². The summed E-state index contributed by atoms with van der Waals surface area (Å²) in [5.74, 6) is -0.321. The van der Waals surface area contributed by atoms with Crippen molar-refractivity contribution in [3.05, 3.63) is 114 Å². The Morgan fingerprint density at radius 1 is 0.816 bits per heavy atom. The highest BCUT2D eigenvalue weighted by atomic mass is 19.4. The molecule has 5 nitrogen and oxygen atoms in total. The van der Waals surface area contributed by atoms with Crippen LogP contribution in [0.3, 0.4) is 0 Å². The number of nitrogens with zero attached hydrogens (tertiary/aromatic N) is 3. The zero-order chi connectivity index (χ0) is 26.5. The van der Waals surface area contributed by atoms with Crippen LogP contribution in [0.1, 0.15) is 21.5 Å². The van der Waals surface area contributed by atoms with Gasteiger partial charge >= 0.3 is 6.18 Å². The fraction of sp³-hybridized carbons (Fsp3) is 0.200. The molecule has 0 atom stereocenters. The standard InChI is InChI=1S/C30H27F3N4O/c31-30(32,33)24-7-5-23(6-8-24)27-3-1-2-4-28(27)29(38)35-25-9-11-26(12-10-25)37-19-17-36(18-20-37)21-22-13-15-34-16-14-22/h1-16H,17-21H2,(H,35,38). The maximum atomic E-state index is 13.1. The predicted molar refractivity (Wildman–Crippen MR) is 143 cm³/mol. The van der Waals surface area contributed by atoms with Crippen LogP contribution in [0.4, 0.5) is 24.5 Å². The minimum absolute atomic E-state index is 0.321. The number of amides is 1. The van der Waals surface area contributed by atoms with Crippen LogP contribution in [0.15, 0.2) is 97.3 Å². The molecule has 38 heavy (non-hydrogen) atoms. The van der Waals surface area contributed by atoms with Gasteiger partial charge in [0.2, 0.25) is 0 Å². The molecule has 194 valence electrons. The van der Waals surface area contributed by atoms with Crippen molar-refractivity contribution in [1.82, 2.24) is 9.88 Å². The fourth-order valence-corrected chi connectivity index (χ4v) is 4.64. The van der Waals surface area contributed by atoms with Crippen molar-refractivity contribution in [2.24, 2.45) is 0 Å². The van der Waals surface area contributed by atoms with E-state index in [0.29, 0.717) is 22.4 Å². The van der Waals surface area contributed by atoms with E-state index < -0.39 is 11.7 Å². The SMILES string of the molecule is O=C(Nc1ccc(N2CCN(Cc3ccncc3)CC2)cc1)c1ccccc1-c1ccc(C(F)(F)F)cc1. The highest BCUT2D eigenvalue weighted by Gasteiger charge is 2.30. The van der Waals surface area contributed by atoms with Gasteiger partial charge < -0.3 is 10.2 Å². The first-order chi connectivity index (χ1) is 18.4. The van der Waals surface area contributed by atoms with E-state index in [1.54, 1.807) is 24.3 Å². The Labute approximate surface area is 219 Å². The molecule has 8 heteroatoms. The van der Waals surface area contributed by atoms with Crippen LogP contribution in [0, 0.1) is 0 Å². The van der Waals surface area contributed by atoms with Crippen LogP contribution in [0.5, 0.6) is 0 Å². The van der Waals surface area contributed by atoms with E-state index in [1.807, 2.05) is 48.8 Å². The summed E-state index contributed by atoms with van der Waals surface area (Å²) in [5, 5.41) is 2.92. The van der Waals surface area contributed by atoms with Crippen molar-refractivity contribution in [3.8, 4) is 11.1 Å². The summed E-state index contributed by atoms with van der Waals surface area (Å²) in [5.41, 5.74) is 3.78. The van der Waals surface area contributed by atoms with Gasteiger partial charge in [0.25, 0.3) is 5.91 Å². The molecule has 0 spiro atoms. The van der Waals surface area contributed by atoms with Crippen molar-refractivity contribution in [2.75, 3.05) is 36.4 Å². The average Bonchev–Trinajstić information content (AvgIpc) is 2.94. The maximum Gasteiger partial charge on any atom is 0.416 e. The second kappa shape index (κ2) is 11.1. The fourth-order valence-electron chi connectivity index (χ4n) is 4.64. The van der Waals surface area contributed by atoms with Crippen molar-refractivity contribution in [2.45, 2.75) is 12.7 Å². The summed E-state index contributed by atoms with van der Waals surface area (Å²) in [6.07, 6.45) is -0.770. The van der Waals surface area contributed by atoms with Crippen LogP contribution >= 0.6 is 0 Å². The Kier molecular flexibility index (Phi) is 7.42. The number of rotatable bonds is 6. The normalized spacial score (nSPS) is 14.3. The van der Waals surface area contributed by atoms with Gasteiger partial charge in [0, 0.05) is 62.1 Å². The summed E-state index contributed by atoms with van der Waals surface area (Å²) in [6.45, 7) is 4.66. The van der Waals surface area contributed by atoms with Gasteiger partial charge in [-0.25, -0.2) is 0 Å². The van der Waals surface area contributed by atoms with E-state index in [-0.39, 0.29) is 5.91 Å². The number of nitrogens with one attached hydrogen (secondary N) is 1. The monoisotopic (exact) mass is 516 g/mol. The summed E-state index contributed by atoms with van der Waals surface area (Å²) in [4.78, 5) is 21.9. The minimum atomic E-state index is -4.41. The Morgan fingerprint density at radius 2 is 1.47 bits per heavy atom. The molecule has 1 saturated heterocycles. The van der Waals surface area contributed by atoms with Crippen LogP contribution in [-0.2, 0) is 12.7 Å². The zero-order valence-corrected chi connectivity index (χ0v) is 20.7. The Balaban J connectivity index is 1.21. The van der Waals surface area contributed by atoms with Crippen LogP contribution in [0.25, 0.3) is 11.1 Å². The van der Waals surface area contributed by atoms with E-state index >= 15 is 0 Å². The summed E-state index contributed by atoms with van der Waals surface area (Å²) in [7, 11) is 0. The lowest BCUT2D eigenvalue weighted by molar-refractivity contribution is -0.137. The van der Waals surface area contributed by atoms with Gasteiger partial charge in [-0.2, -0.15) is 13.2 Å². The first-order valence-corrected chi connectivity index (χ1v) is 12.4. The molecule has 5 rings (SSSR count). The lowest BCUT2D eigenvalue weighted by atomic mass is 9.98. The minimum Gasteiger partial charge on any atom is -0.369 e. The number of anilines is 2. The first kappa shape index (κ1) is 25.5. The molecule has 0 bridgehead atoms. The van der Waals surface area contributed by atoms with Gasteiger partial charge in [0.15, 0.2) is 0 Å². The topological polar surface area (TPSA) is 48.5 Å². The molecule has 0 aliphatic carbocycles. The number of alkyl halides is 3. The van der Waals surface area contributed by atoms with Crippen LogP contribution in [-0.4, -0.2) is 42.0 Å². The Bertz CT molecular complexity index is 1370. The molecule has 0 unspecified atom stereocenters. The number of hydrogen-bond acceptors (Lipinski definition) is 4. The predicted octanol–water partition coefficient (Wildman–Crippen LogP) is 6.34. The number of halogens is 3. The molecular weight excluding hydrogens is 489 g/mol. The Hall–Kier alpha value is -4.17. The molecule has 0 radical (unpaired) electrons. The van der Waals surface area contributed by atoms with E-state index in [1.165, 1.54) is 17.7 Å². The molecule has 1 N–H and O–H groups in total. The summed E-state index contributed by atoms with van der Waals surface area (Å²) in [6, 6.07) is 23.6. The molecule has 1 aliphatic rings. The third-order valence-electron chi connectivity index (χ3n) is 6.71. The van der Waals surface area contributed by atoms with Crippen LogP contribution in [0.2, 0.25) is 0 Å².